The highest BCUT2D eigenvalue weighted by molar-refractivity contribution is 6.39. The number of hydrogen-bond acceptors (Lipinski definition) is 4. The van der Waals surface area contributed by atoms with Crippen LogP contribution in [0, 0.1) is 0 Å². The van der Waals surface area contributed by atoms with Crippen LogP contribution < -0.4 is 20.6 Å². The van der Waals surface area contributed by atoms with Gasteiger partial charge in [-0.2, -0.15) is 0 Å². The molecule has 0 bridgehead atoms. The number of nitrogens with one attached hydrogen (secondary N) is 2. The number of nitrogens with two attached hydrogens (primary N) is 1. The summed E-state index contributed by atoms with van der Waals surface area (Å²) in [6.07, 6.45) is 0.644. The average Bonchev–Trinajstić information content (AvgIpc) is 2.61. The van der Waals surface area contributed by atoms with E-state index in [-0.39, 0.29) is 12.1 Å². The highest BCUT2D eigenvalue weighted by Gasteiger charge is 2.20. The third-order valence-electron chi connectivity index (χ3n) is 4.32. The molecule has 4 N–H and O–H groups in total. The van der Waals surface area contributed by atoms with Crippen molar-refractivity contribution in [3.63, 3.8) is 0 Å². The van der Waals surface area contributed by atoms with Crippen LogP contribution in [0.15, 0.2) is 18.2 Å². The first kappa shape index (κ1) is 20.9. The number of quaternary nitrogens is 2. The molecule has 0 unspecified atom stereocenters. The average molecular weight is 405 g/mol. The Kier molecular flexibility index (Phi) is 8.61. The van der Waals surface area contributed by atoms with Gasteiger partial charge in [0.1, 0.15) is 19.1 Å². The van der Waals surface area contributed by atoms with Crippen LogP contribution in [0.5, 0.6) is 0 Å². The maximum absolute atomic E-state index is 12.2. The van der Waals surface area contributed by atoms with Gasteiger partial charge in [0, 0.05) is 6.42 Å². The number of anilines is 1. The quantitative estimate of drug-likeness (QED) is 0.427. The second kappa shape index (κ2) is 10.7. The Labute approximate surface area is 162 Å². The van der Waals surface area contributed by atoms with E-state index in [4.69, 9.17) is 27.9 Å². The molecule has 2 rings (SSSR count). The van der Waals surface area contributed by atoms with Crippen LogP contribution >= 0.6 is 23.2 Å². The molecule has 0 saturated carbocycles. The van der Waals surface area contributed by atoms with Crippen LogP contribution in [-0.2, 0) is 14.3 Å². The molecule has 0 spiro atoms. The second-order valence-electron chi connectivity index (χ2n) is 6.26. The molecule has 7 nitrogen and oxygen atoms in total. The van der Waals surface area contributed by atoms with Crippen molar-refractivity contribution in [1.82, 2.24) is 0 Å². The van der Waals surface area contributed by atoms with E-state index in [2.05, 4.69) is 5.32 Å². The predicted molar refractivity (Wildman–Crippen MR) is 96.3 cm³/mol. The lowest BCUT2D eigenvalue weighted by Crippen LogP contribution is -3.14. The number of rotatable bonds is 9. The third kappa shape index (κ3) is 6.74. The zero-order valence-electron chi connectivity index (χ0n) is 14.4. The van der Waals surface area contributed by atoms with Crippen LogP contribution in [0.3, 0.4) is 0 Å². The molecular formula is C17H24Cl2N3O4+. The van der Waals surface area contributed by atoms with Gasteiger partial charge in [-0.25, -0.2) is 0 Å². The lowest BCUT2D eigenvalue weighted by molar-refractivity contribution is -0.909. The molecule has 0 radical (unpaired) electrons. The molecule has 1 aromatic carbocycles. The van der Waals surface area contributed by atoms with Gasteiger partial charge >= 0.3 is 0 Å². The van der Waals surface area contributed by atoms with Crippen molar-refractivity contribution >= 4 is 40.8 Å². The number of amides is 1. The number of carbonyl (C=O) groups is 2. The van der Waals surface area contributed by atoms with Gasteiger partial charge in [-0.3, -0.25) is 4.79 Å². The van der Waals surface area contributed by atoms with Crippen LogP contribution in [0.2, 0.25) is 10.0 Å². The second-order valence-corrected chi connectivity index (χ2v) is 7.08. The zero-order valence-corrected chi connectivity index (χ0v) is 15.9. The van der Waals surface area contributed by atoms with Gasteiger partial charge in [-0.15, -0.1) is 0 Å². The molecule has 1 aromatic rings. The lowest BCUT2D eigenvalue weighted by atomic mass is 10.2. The van der Waals surface area contributed by atoms with E-state index in [0.717, 1.165) is 39.3 Å². The van der Waals surface area contributed by atoms with Gasteiger partial charge in [0.2, 0.25) is 5.91 Å². The van der Waals surface area contributed by atoms with Crippen molar-refractivity contribution in [1.29, 1.82) is 0 Å². The highest BCUT2D eigenvalue weighted by Crippen LogP contribution is 2.29. The maximum Gasteiger partial charge on any atom is 0.230 e. The lowest BCUT2D eigenvalue weighted by Gasteiger charge is -2.23. The Hall–Kier alpha value is -1.38. The summed E-state index contributed by atoms with van der Waals surface area (Å²) >= 11 is 12.0. The van der Waals surface area contributed by atoms with E-state index in [1.54, 1.807) is 23.5 Å². The zero-order chi connectivity index (χ0) is 18.9. The van der Waals surface area contributed by atoms with Gasteiger partial charge in [-0.05, 0) is 12.1 Å². The van der Waals surface area contributed by atoms with Gasteiger partial charge in [0.15, 0.2) is 0 Å². The first-order chi connectivity index (χ1) is 12.5. The van der Waals surface area contributed by atoms with Gasteiger partial charge in [0.05, 0.1) is 54.4 Å². The van der Waals surface area contributed by atoms with Crippen LogP contribution in [0.4, 0.5) is 5.69 Å². The van der Waals surface area contributed by atoms with Gasteiger partial charge < -0.3 is 30.2 Å². The number of benzene rings is 1. The molecular weight excluding hydrogens is 381 g/mol. The maximum atomic E-state index is 12.2. The van der Waals surface area contributed by atoms with Crippen molar-refractivity contribution in [2.24, 2.45) is 0 Å². The first-order valence-electron chi connectivity index (χ1n) is 8.66. The Morgan fingerprint density at radius 1 is 1.27 bits per heavy atom. The fraction of sp³-hybridized carbons (Fsp3) is 0.529. The number of halogens is 2. The predicted octanol–water partition coefficient (Wildman–Crippen LogP) is -1.69. The standard InChI is InChI=1S/C17H23Cl2N3O4/c18-12-3-1-4-13(19)16(12)21-15(23)11-14(17(24)25)20-5-2-6-22-7-9-26-10-8-22/h1,3-4,14,20H,2,5-11H2,(H,21,23)(H,24,25)/p+1/t14-/m1/s1. The van der Waals surface area contributed by atoms with Crippen LogP contribution in [0.25, 0.3) is 0 Å². The van der Waals surface area contributed by atoms with E-state index in [0.29, 0.717) is 16.6 Å². The van der Waals surface area contributed by atoms with Crippen molar-refractivity contribution in [3.05, 3.63) is 28.2 Å². The van der Waals surface area contributed by atoms with Crippen molar-refractivity contribution in [3.8, 4) is 0 Å². The minimum atomic E-state index is -1.26. The van der Waals surface area contributed by atoms with Crippen molar-refractivity contribution in [2.75, 3.05) is 44.7 Å². The Bertz CT molecular complexity index is 604. The normalized spacial score (nSPS) is 16.2. The minimum absolute atomic E-state index is 0.214. The Morgan fingerprint density at radius 2 is 1.92 bits per heavy atom. The van der Waals surface area contributed by atoms with E-state index in [9.17, 15) is 14.7 Å². The summed E-state index contributed by atoms with van der Waals surface area (Å²) in [5.41, 5.74) is 0.286. The summed E-state index contributed by atoms with van der Waals surface area (Å²) in [5.74, 6) is -1.73. The molecule has 1 amide bonds. The molecule has 1 aliphatic heterocycles. The summed E-state index contributed by atoms with van der Waals surface area (Å²) in [6.45, 7) is 5.07. The topological polar surface area (TPSA) is 99.5 Å². The fourth-order valence-corrected chi connectivity index (χ4v) is 3.34. The molecule has 1 saturated heterocycles. The number of carboxylic acids is 1. The number of ether oxygens (including phenoxy) is 1. The van der Waals surface area contributed by atoms with E-state index in [1.165, 1.54) is 4.90 Å². The third-order valence-corrected chi connectivity index (χ3v) is 4.95. The molecule has 26 heavy (non-hydrogen) atoms. The molecule has 1 aliphatic rings. The number of para-hydroxylation sites is 1. The van der Waals surface area contributed by atoms with Crippen LogP contribution in [-0.4, -0.2) is 57.3 Å². The molecule has 1 heterocycles. The molecule has 144 valence electrons. The largest absolute Gasteiger partial charge is 0.544 e. The molecule has 0 aliphatic carbocycles. The SMILES string of the molecule is O=C(C[C@@H]([NH2+]CCC[NH+]1CCOCC1)C(=O)[O-])Nc1c(Cl)cccc1Cl. The number of hydrogen-bond donors (Lipinski definition) is 3. The van der Waals surface area contributed by atoms with E-state index in [1.807, 2.05) is 0 Å². The van der Waals surface area contributed by atoms with Gasteiger partial charge in [0.25, 0.3) is 0 Å². The number of morpholine rings is 1. The Balaban J connectivity index is 1.77. The Morgan fingerprint density at radius 3 is 2.54 bits per heavy atom. The number of carboxylic acid groups (broad SMARTS) is 1. The molecule has 0 aromatic heterocycles. The molecule has 9 heteroatoms. The number of carbonyl (C=O) groups excluding carboxylic acids is 2. The highest BCUT2D eigenvalue weighted by atomic mass is 35.5. The molecule has 1 fully saturated rings. The smallest absolute Gasteiger partial charge is 0.230 e. The fourth-order valence-electron chi connectivity index (χ4n) is 2.85. The van der Waals surface area contributed by atoms with Crippen LogP contribution in [0.1, 0.15) is 12.8 Å². The number of aliphatic carboxylic acids is 1. The van der Waals surface area contributed by atoms with Gasteiger partial charge in [-0.1, -0.05) is 29.3 Å². The summed E-state index contributed by atoms with van der Waals surface area (Å²) in [7, 11) is 0. The summed E-state index contributed by atoms with van der Waals surface area (Å²) < 4.78 is 5.31. The minimum Gasteiger partial charge on any atom is -0.544 e. The monoisotopic (exact) mass is 404 g/mol. The van der Waals surface area contributed by atoms with Crippen molar-refractivity contribution < 1.29 is 29.6 Å². The summed E-state index contributed by atoms with van der Waals surface area (Å²) in [5, 5.41) is 16.1. The molecule has 1 atom stereocenters. The van der Waals surface area contributed by atoms with E-state index >= 15 is 0 Å². The van der Waals surface area contributed by atoms with Crippen molar-refractivity contribution in [2.45, 2.75) is 18.9 Å². The first-order valence-corrected chi connectivity index (χ1v) is 9.42. The summed E-state index contributed by atoms with van der Waals surface area (Å²) in [4.78, 5) is 24.9. The summed E-state index contributed by atoms with van der Waals surface area (Å²) in [6, 6.07) is 3.91. The van der Waals surface area contributed by atoms with E-state index < -0.39 is 17.9 Å².